The summed E-state index contributed by atoms with van der Waals surface area (Å²) in [6.07, 6.45) is -7.20. The number of alkyl halides is 3. The van der Waals surface area contributed by atoms with Crippen LogP contribution in [0.3, 0.4) is 0 Å². The fourth-order valence-electron chi connectivity index (χ4n) is 1.41. The summed E-state index contributed by atoms with van der Waals surface area (Å²) in [4.78, 5) is 0. The highest BCUT2D eigenvalue weighted by Crippen LogP contribution is 2.29. The average Bonchev–Trinajstić information content (AvgIpc) is 2.25. The van der Waals surface area contributed by atoms with E-state index in [9.17, 15) is 13.2 Å². The Kier molecular flexibility index (Phi) is 5.01. The van der Waals surface area contributed by atoms with Gasteiger partial charge in [-0.15, -0.1) is 0 Å². The van der Waals surface area contributed by atoms with E-state index in [0.29, 0.717) is 11.1 Å². The van der Waals surface area contributed by atoms with Crippen LogP contribution in [0.1, 0.15) is 11.1 Å². The zero-order valence-electron chi connectivity index (χ0n) is 9.59. The lowest BCUT2D eigenvalue weighted by Crippen LogP contribution is -2.34. The van der Waals surface area contributed by atoms with Crippen molar-refractivity contribution in [2.75, 3.05) is 6.61 Å². The molecule has 0 saturated heterocycles. The van der Waals surface area contributed by atoms with E-state index in [1.807, 2.05) is 0 Å². The number of ether oxygens (including phenoxy) is 1. The molecule has 0 aliphatic rings. The van der Waals surface area contributed by atoms with Crippen LogP contribution < -0.4 is 10.5 Å². The molecule has 0 spiro atoms. The van der Waals surface area contributed by atoms with Crippen LogP contribution in [0.15, 0.2) is 16.6 Å². The molecule has 3 N–H and O–H groups in total. The Morgan fingerprint density at radius 1 is 1.44 bits per heavy atom. The first-order chi connectivity index (χ1) is 8.25. The van der Waals surface area contributed by atoms with Gasteiger partial charge in [-0.2, -0.15) is 13.2 Å². The van der Waals surface area contributed by atoms with Gasteiger partial charge in [0.15, 0.2) is 6.10 Å². The molecule has 7 heteroatoms. The predicted molar refractivity (Wildman–Crippen MR) is 64.3 cm³/mol. The summed E-state index contributed by atoms with van der Waals surface area (Å²) >= 11 is 3.26. The lowest BCUT2D eigenvalue weighted by Gasteiger charge is -2.18. The largest absolute Gasteiger partial charge is 0.490 e. The van der Waals surface area contributed by atoms with Crippen molar-refractivity contribution in [3.8, 4) is 5.75 Å². The summed E-state index contributed by atoms with van der Waals surface area (Å²) in [6, 6.07) is 3.37. The average molecular weight is 328 g/mol. The lowest BCUT2D eigenvalue weighted by atomic mass is 10.1. The number of benzene rings is 1. The van der Waals surface area contributed by atoms with Gasteiger partial charge in [-0.05, 0) is 24.6 Å². The Morgan fingerprint density at radius 2 is 2.06 bits per heavy atom. The van der Waals surface area contributed by atoms with Gasteiger partial charge in [0.05, 0.1) is 0 Å². The highest BCUT2D eigenvalue weighted by atomic mass is 79.9. The van der Waals surface area contributed by atoms with Gasteiger partial charge in [0.2, 0.25) is 0 Å². The first-order valence-electron chi connectivity index (χ1n) is 5.12. The van der Waals surface area contributed by atoms with E-state index in [4.69, 9.17) is 15.6 Å². The minimum absolute atomic E-state index is 0.137. The molecule has 0 aliphatic heterocycles. The van der Waals surface area contributed by atoms with Crippen LogP contribution in [-0.4, -0.2) is 24.0 Å². The van der Waals surface area contributed by atoms with Crippen molar-refractivity contribution in [3.05, 3.63) is 27.7 Å². The molecule has 0 radical (unpaired) electrons. The second kappa shape index (κ2) is 5.90. The van der Waals surface area contributed by atoms with Gasteiger partial charge < -0.3 is 15.6 Å². The van der Waals surface area contributed by atoms with Gasteiger partial charge in [0.1, 0.15) is 12.4 Å². The molecular weight excluding hydrogens is 315 g/mol. The molecule has 0 bridgehead atoms. The number of aryl methyl sites for hydroxylation is 1. The molecule has 0 saturated carbocycles. The van der Waals surface area contributed by atoms with E-state index in [1.54, 1.807) is 19.1 Å². The van der Waals surface area contributed by atoms with Crippen LogP contribution in [0.4, 0.5) is 13.2 Å². The Morgan fingerprint density at radius 3 is 2.56 bits per heavy atom. The predicted octanol–water partition coefficient (Wildman–Crippen LogP) is 2.52. The molecule has 0 amide bonds. The summed E-state index contributed by atoms with van der Waals surface area (Å²) in [6.45, 7) is 0.982. The fraction of sp³-hybridized carbons (Fsp3) is 0.455. The zero-order valence-corrected chi connectivity index (χ0v) is 11.2. The summed E-state index contributed by atoms with van der Waals surface area (Å²) in [5.74, 6) is 0.281. The third-order valence-electron chi connectivity index (χ3n) is 2.30. The maximum absolute atomic E-state index is 12.1. The Hall–Kier alpha value is -0.790. The standard InChI is InChI=1S/C11H13BrF3NO2/c1-6-2-8(12)3-7(4-16)10(6)18-5-9(17)11(13,14)15/h2-3,9,17H,4-5,16H2,1H3. The van der Waals surface area contributed by atoms with E-state index in [-0.39, 0.29) is 12.3 Å². The van der Waals surface area contributed by atoms with E-state index < -0.39 is 18.9 Å². The van der Waals surface area contributed by atoms with E-state index in [2.05, 4.69) is 15.9 Å². The SMILES string of the molecule is Cc1cc(Br)cc(CN)c1OCC(O)C(F)(F)F. The summed E-state index contributed by atoms with van der Waals surface area (Å²) in [5, 5.41) is 8.87. The van der Waals surface area contributed by atoms with Gasteiger partial charge in [-0.25, -0.2) is 0 Å². The van der Waals surface area contributed by atoms with Crippen LogP contribution in [0.5, 0.6) is 5.75 Å². The highest BCUT2D eigenvalue weighted by Gasteiger charge is 2.38. The van der Waals surface area contributed by atoms with E-state index in [0.717, 1.165) is 4.47 Å². The second-order valence-corrected chi connectivity index (χ2v) is 4.70. The number of rotatable bonds is 4. The molecule has 18 heavy (non-hydrogen) atoms. The van der Waals surface area contributed by atoms with Crippen molar-refractivity contribution in [1.29, 1.82) is 0 Å². The third kappa shape index (κ3) is 3.86. The molecule has 1 aromatic carbocycles. The summed E-state index contributed by atoms with van der Waals surface area (Å²) in [7, 11) is 0. The Labute approximate surface area is 111 Å². The molecular formula is C11H13BrF3NO2. The molecule has 0 fully saturated rings. The molecule has 1 aromatic rings. The van der Waals surface area contributed by atoms with Crippen LogP contribution >= 0.6 is 15.9 Å². The van der Waals surface area contributed by atoms with E-state index in [1.165, 1.54) is 0 Å². The van der Waals surface area contributed by atoms with Gasteiger partial charge >= 0.3 is 6.18 Å². The van der Waals surface area contributed by atoms with Crippen LogP contribution in [0.25, 0.3) is 0 Å². The maximum Gasteiger partial charge on any atom is 0.417 e. The highest BCUT2D eigenvalue weighted by molar-refractivity contribution is 9.10. The third-order valence-corrected chi connectivity index (χ3v) is 2.76. The first-order valence-corrected chi connectivity index (χ1v) is 5.91. The normalized spacial score (nSPS) is 13.5. The van der Waals surface area contributed by atoms with Crippen LogP contribution in [0.2, 0.25) is 0 Å². The van der Waals surface area contributed by atoms with Crippen LogP contribution in [0, 0.1) is 6.92 Å². The second-order valence-electron chi connectivity index (χ2n) is 3.78. The van der Waals surface area contributed by atoms with Gasteiger partial charge in [0.25, 0.3) is 0 Å². The van der Waals surface area contributed by atoms with Crippen molar-refractivity contribution in [2.24, 2.45) is 5.73 Å². The van der Waals surface area contributed by atoms with Crippen LogP contribution in [-0.2, 0) is 6.54 Å². The quantitative estimate of drug-likeness (QED) is 0.893. The molecule has 102 valence electrons. The topological polar surface area (TPSA) is 55.5 Å². The summed E-state index contributed by atoms with van der Waals surface area (Å²) in [5.41, 5.74) is 6.73. The minimum atomic E-state index is -4.69. The van der Waals surface area contributed by atoms with Gasteiger partial charge in [-0.3, -0.25) is 0 Å². The number of hydrogen-bond acceptors (Lipinski definition) is 3. The maximum atomic E-state index is 12.1. The number of aliphatic hydroxyl groups is 1. The molecule has 1 unspecified atom stereocenters. The number of hydrogen-bond donors (Lipinski definition) is 2. The van der Waals surface area contributed by atoms with Gasteiger partial charge in [0, 0.05) is 16.6 Å². The molecule has 1 rings (SSSR count). The molecule has 1 atom stereocenters. The molecule has 0 aromatic heterocycles. The molecule has 0 heterocycles. The lowest BCUT2D eigenvalue weighted by molar-refractivity contribution is -0.210. The minimum Gasteiger partial charge on any atom is -0.490 e. The van der Waals surface area contributed by atoms with Crippen molar-refractivity contribution < 1.29 is 23.0 Å². The van der Waals surface area contributed by atoms with Crippen molar-refractivity contribution in [3.63, 3.8) is 0 Å². The number of nitrogens with two attached hydrogens (primary N) is 1. The molecule has 3 nitrogen and oxygen atoms in total. The van der Waals surface area contributed by atoms with Crippen molar-refractivity contribution in [2.45, 2.75) is 25.7 Å². The smallest absolute Gasteiger partial charge is 0.417 e. The zero-order chi connectivity index (χ0) is 13.9. The monoisotopic (exact) mass is 327 g/mol. The Bertz CT molecular complexity index is 423. The summed E-state index contributed by atoms with van der Waals surface area (Å²) < 4.78 is 42.2. The fourth-order valence-corrected chi connectivity index (χ4v) is 2.03. The van der Waals surface area contributed by atoms with Crippen molar-refractivity contribution in [1.82, 2.24) is 0 Å². The first kappa shape index (κ1) is 15.3. The van der Waals surface area contributed by atoms with E-state index >= 15 is 0 Å². The Balaban J connectivity index is 2.85. The van der Waals surface area contributed by atoms with Gasteiger partial charge in [-0.1, -0.05) is 15.9 Å². The number of aliphatic hydroxyl groups excluding tert-OH is 1. The van der Waals surface area contributed by atoms with Crippen molar-refractivity contribution >= 4 is 15.9 Å². The number of halogens is 4. The molecule has 0 aliphatic carbocycles.